The Labute approximate surface area is 117 Å². The molecular formula is C11H12N4O4S. The van der Waals surface area contributed by atoms with Crippen molar-refractivity contribution < 1.29 is 19.2 Å². The third-order valence-corrected chi connectivity index (χ3v) is 3.50. The Kier molecular flexibility index (Phi) is 4.31. The number of aromatic carboxylic acids is 1. The minimum atomic E-state index is -1.01. The number of hydrogen-bond donors (Lipinski definition) is 3. The summed E-state index contributed by atoms with van der Waals surface area (Å²) in [6.45, 7) is 2.04. The molecule has 2 amide bonds. The van der Waals surface area contributed by atoms with E-state index in [2.05, 4.69) is 25.3 Å². The van der Waals surface area contributed by atoms with Gasteiger partial charge < -0.3 is 20.3 Å². The van der Waals surface area contributed by atoms with Gasteiger partial charge in [-0.05, 0) is 6.92 Å². The Morgan fingerprint density at radius 1 is 1.40 bits per heavy atom. The number of amides is 2. The molecule has 0 unspecified atom stereocenters. The molecule has 2 aromatic rings. The van der Waals surface area contributed by atoms with Crippen molar-refractivity contribution in [3.8, 4) is 0 Å². The normalized spacial score (nSPS) is 10.2. The zero-order valence-electron chi connectivity index (χ0n) is 10.5. The van der Waals surface area contributed by atoms with Crippen LogP contribution in [0.3, 0.4) is 0 Å². The smallest absolute Gasteiger partial charge is 0.347 e. The maximum Gasteiger partial charge on any atom is 0.347 e. The van der Waals surface area contributed by atoms with Crippen molar-refractivity contribution in [2.24, 2.45) is 0 Å². The van der Waals surface area contributed by atoms with Crippen LogP contribution < -0.4 is 10.6 Å². The summed E-state index contributed by atoms with van der Waals surface area (Å²) in [4.78, 5) is 26.6. The molecule has 20 heavy (non-hydrogen) atoms. The zero-order chi connectivity index (χ0) is 14.5. The number of urea groups is 1. The van der Waals surface area contributed by atoms with Gasteiger partial charge in [0.1, 0.15) is 21.8 Å². The first-order valence-electron chi connectivity index (χ1n) is 5.67. The summed E-state index contributed by atoms with van der Waals surface area (Å²) < 4.78 is 4.63. The molecule has 3 N–H and O–H groups in total. The highest BCUT2D eigenvalue weighted by Gasteiger charge is 2.14. The molecule has 0 fully saturated rings. The molecule has 2 rings (SSSR count). The lowest BCUT2D eigenvalue weighted by molar-refractivity contribution is 0.0701. The predicted octanol–water partition coefficient (Wildman–Crippen LogP) is 1.14. The predicted molar refractivity (Wildman–Crippen MR) is 69.4 cm³/mol. The molecule has 0 atom stereocenters. The molecule has 0 aliphatic carbocycles. The average Bonchev–Trinajstić information content (AvgIpc) is 3.03. The number of rotatable bonds is 5. The molecule has 2 aromatic heterocycles. The molecule has 0 bridgehead atoms. The molecule has 0 aliphatic heterocycles. The number of carboxylic acids is 1. The molecule has 106 valence electrons. The quantitative estimate of drug-likeness (QED) is 0.761. The number of thiazole rings is 1. The Bertz CT molecular complexity index is 608. The zero-order valence-corrected chi connectivity index (χ0v) is 11.4. The van der Waals surface area contributed by atoms with Gasteiger partial charge in [0.2, 0.25) is 0 Å². The SMILES string of the molecule is Cc1nc(CNC(=O)NCc2ccon2)sc1C(=O)O. The van der Waals surface area contributed by atoms with Crippen LogP contribution in [0, 0.1) is 6.92 Å². The van der Waals surface area contributed by atoms with Crippen molar-refractivity contribution in [3.63, 3.8) is 0 Å². The summed E-state index contributed by atoms with van der Waals surface area (Å²) in [5, 5.41) is 18.3. The first-order valence-corrected chi connectivity index (χ1v) is 6.48. The first-order chi connectivity index (χ1) is 9.56. The lowest BCUT2D eigenvalue weighted by Crippen LogP contribution is -2.34. The van der Waals surface area contributed by atoms with Gasteiger partial charge in [-0.1, -0.05) is 5.16 Å². The van der Waals surface area contributed by atoms with E-state index in [4.69, 9.17) is 5.11 Å². The second-order valence-electron chi connectivity index (χ2n) is 3.85. The molecular weight excluding hydrogens is 284 g/mol. The van der Waals surface area contributed by atoms with Gasteiger partial charge in [0.25, 0.3) is 0 Å². The van der Waals surface area contributed by atoms with Gasteiger partial charge in [-0.3, -0.25) is 0 Å². The van der Waals surface area contributed by atoms with E-state index in [-0.39, 0.29) is 18.0 Å². The van der Waals surface area contributed by atoms with E-state index in [0.717, 1.165) is 11.3 Å². The van der Waals surface area contributed by atoms with E-state index in [0.29, 0.717) is 16.4 Å². The third kappa shape index (κ3) is 3.54. The largest absolute Gasteiger partial charge is 0.477 e. The summed E-state index contributed by atoms with van der Waals surface area (Å²) in [6.07, 6.45) is 1.42. The van der Waals surface area contributed by atoms with Gasteiger partial charge >= 0.3 is 12.0 Å². The number of nitrogens with one attached hydrogen (secondary N) is 2. The Morgan fingerprint density at radius 3 is 2.75 bits per heavy atom. The first kappa shape index (κ1) is 14.0. The fourth-order valence-corrected chi connectivity index (χ4v) is 2.29. The van der Waals surface area contributed by atoms with Crippen LogP contribution in [0.4, 0.5) is 4.79 Å². The molecule has 9 heteroatoms. The van der Waals surface area contributed by atoms with Gasteiger partial charge in [-0.25, -0.2) is 14.6 Å². The molecule has 8 nitrogen and oxygen atoms in total. The molecule has 0 saturated heterocycles. The lowest BCUT2D eigenvalue weighted by Gasteiger charge is -2.03. The molecule has 2 heterocycles. The number of hydrogen-bond acceptors (Lipinski definition) is 6. The summed E-state index contributed by atoms with van der Waals surface area (Å²) in [6, 6.07) is 1.25. The molecule has 0 spiro atoms. The number of carbonyl (C=O) groups is 2. The van der Waals surface area contributed by atoms with Gasteiger partial charge in [-0.15, -0.1) is 11.3 Å². The Morgan fingerprint density at radius 2 is 2.15 bits per heavy atom. The summed E-state index contributed by atoms with van der Waals surface area (Å²) in [7, 11) is 0. The number of carboxylic acid groups (broad SMARTS) is 1. The van der Waals surface area contributed by atoms with Gasteiger partial charge in [-0.2, -0.15) is 0 Å². The molecule has 0 aromatic carbocycles. The van der Waals surface area contributed by atoms with Crippen molar-refractivity contribution in [1.29, 1.82) is 0 Å². The highest BCUT2D eigenvalue weighted by Crippen LogP contribution is 2.17. The van der Waals surface area contributed by atoms with Gasteiger partial charge in [0.05, 0.1) is 18.8 Å². The van der Waals surface area contributed by atoms with Crippen LogP contribution in [-0.2, 0) is 13.1 Å². The van der Waals surface area contributed by atoms with E-state index >= 15 is 0 Å². The monoisotopic (exact) mass is 296 g/mol. The minimum absolute atomic E-state index is 0.170. The summed E-state index contributed by atoms with van der Waals surface area (Å²) in [5.74, 6) is -1.01. The molecule has 0 saturated carbocycles. The van der Waals surface area contributed by atoms with Crippen molar-refractivity contribution in [3.05, 3.63) is 33.6 Å². The van der Waals surface area contributed by atoms with Crippen LogP contribution >= 0.6 is 11.3 Å². The van der Waals surface area contributed by atoms with E-state index in [1.807, 2.05) is 0 Å². The fourth-order valence-electron chi connectivity index (χ4n) is 1.44. The van der Waals surface area contributed by atoms with Crippen LogP contribution in [-0.4, -0.2) is 27.2 Å². The molecule has 0 aliphatic rings. The van der Waals surface area contributed by atoms with Gasteiger partial charge in [0, 0.05) is 6.07 Å². The standard InChI is InChI=1S/C11H12N4O4S/c1-6-9(10(16)17)20-8(14-6)5-13-11(18)12-4-7-2-3-19-15-7/h2-3H,4-5H2,1H3,(H,16,17)(H2,12,13,18). The van der Waals surface area contributed by atoms with Crippen molar-refractivity contribution >= 4 is 23.3 Å². The van der Waals surface area contributed by atoms with Crippen LogP contribution in [0.25, 0.3) is 0 Å². The van der Waals surface area contributed by atoms with Crippen molar-refractivity contribution in [2.45, 2.75) is 20.0 Å². The van der Waals surface area contributed by atoms with E-state index in [1.54, 1.807) is 13.0 Å². The maximum atomic E-state index is 11.5. The highest BCUT2D eigenvalue weighted by atomic mass is 32.1. The number of nitrogens with zero attached hydrogens (tertiary/aromatic N) is 2. The number of aromatic nitrogens is 2. The number of aryl methyl sites for hydroxylation is 1. The van der Waals surface area contributed by atoms with Crippen LogP contribution in [0.5, 0.6) is 0 Å². The number of carbonyl (C=O) groups excluding carboxylic acids is 1. The summed E-state index contributed by atoms with van der Waals surface area (Å²) >= 11 is 1.04. The minimum Gasteiger partial charge on any atom is -0.477 e. The highest BCUT2D eigenvalue weighted by molar-refractivity contribution is 7.13. The van der Waals surface area contributed by atoms with Gasteiger partial charge in [0.15, 0.2) is 0 Å². The Hall–Kier alpha value is -2.42. The van der Waals surface area contributed by atoms with Crippen LogP contribution in [0.15, 0.2) is 16.9 Å². The van der Waals surface area contributed by atoms with E-state index < -0.39 is 12.0 Å². The van der Waals surface area contributed by atoms with E-state index in [1.165, 1.54) is 6.26 Å². The molecule has 0 radical (unpaired) electrons. The maximum absolute atomic E-state index is 11.5. The topological polar surface area (TPSA) is 117 Å². The van der Waals surface area contributed by atoms with Crippen molar-refractivity contribution in [1.82, 2.24) is 20.8 Å². The lowest BCUT2D eigenvalue weighted by atomic mass is 10.4. The second kappa shape index (κ2) is 6.15. The Balaban J connectivity index is 1.81. The second-order valence-corrected chi connectivity index (χ2v) is 4.94. The summed E-state index contributed by atoms with van der Waals surface area (Å²) in [5.41, 5.74) is 1.06. The third-order valence-electron chi connectivity index (χ3n) is 2.36. The van der Waals surface area contributed by atoms with Crippen LogP contribution in [0.2, 0.25) is 0 Å². The van der Waals surface area contributed by atoms with Crippen LogP contribution in [0.1, 0.15) is 26.1 Å². The fraction of sp³-hybridized carbons (Fsp3) is 0.273. The van der Waals surface area contributed by atoms with Crippen molar-refractivity contribution in [2.75, 3.05) is 0 Å². The average molecular weight is 296 g/mol. The van der Waals surface area contributed by atoms with E-state index in [9.17, 15) is 9.59 Å².